The third-order valence-corrected chi connectivity index (χ3v) is 3.46. The molecule has 0 amide bonds. The molecular formula is C13H20ClNS. The summed E-state index contributed by atoms with van der Waals surface area (Å²) in [5.74, 6) is 0. The van der Waals surface area contributed by atoms with Crippen LogP contribution in [-0.2, 0) is 6.54 Å². The van der Waals surface area contributed by atoms with E-state index >= 15 is 0 Å². The fourth-order valence-electron chi connectivity index (χ4n) is 1.36. The quantitative estimate of drug-likeness (QED) is 0.806. The van der Waals surface area contributed by atoms with Crippen molar-refractivity contribution in [3.63, 3.8) is 0 Å². The van der Waals surface area contributed by atoms with Crippen molar-refractivity contribution in [2.45, 2.75) is 43.9 Å². The Hall–Kier alpha value is -0.180. The number of benzene rings is 1. The lowest BCUT2D eigenvalue weighted by atomic mass is 10.2. The molecule has 0 spiro atoms. The highest BCUT2D eigenvalue weighted by Crippen LogP contribution is 2.35. The van der Waals surface area contributed by atoms with Crippen LogP contribution in [0.4, 0.5) is 0 Å². The van der Waals surface area contributed by atoms with Crippen LogP contribution in [-0.4, -0.2) is 11.3 Å². The molecule has 0 atom stereocenters. The largest absolute Gasteiger partial charge is 0.313 e. The van der Waals surface area contributed by atoms with Crippen molar-refractivity contribution < 1.29 is 0 Å². The van der Waals surface area contributed by atoms with Crippen molar-refractivity contribution in [1.82, 2.24) is 5.32 Å². The van der Waals surface area contributed by atoms with E-state index < -0.39 is 0 Å². The normalized spacial score (nSPS) is 11.8. The van der Waals surface area contributed by atoms with Crippen molar-refractivity contribution in [3.05, 3.63) is 28.8 Å². The fourth-order valence-corrected chi connectivity index (χ4v) is 2.71. The van der Waals surface area contributed by atoms with Gasteiger partial charge in [-0.05, 0) is 24.2 Å². The van der Waals surface area contributed by atoms with E-state index in [0.717, 1.165) is 18.1 Å². The number of rotatable bonds is 4. The van der Waals surface area contributed by atoms with Gasteiger partial charge in [-0.2, -0.15) is 0 Å². The number of hydrogen-bond donors (Lipinski definition) is 1. The predicted molar refractivity (Wildman–Crippen MR) is 74.4 cm³/mol. The molecule has 90 valence electrons. The molecule has 0 saturated carbocycles. The van der Waals surface area contributed by atoms with Crippen LogP contribution in [0.2, 0.25) is 5.02 Å². The summed E-state index contributed by atoms with van der Waals surface area (Å²) >= 11 is 7.91. The Morgan fingerprint density at radius 2 is 2.00 bits per heavy atom. The third-order valence-electron chi connectivity index (χ3n) is 2.01. The molecule has 0 fully saturated rings. The first-order valence-electron chi connectivity index (χ1n) is 5.60. The van der Waals surface area contributed by atoms with Gasteiger partial charge in [0.2, 0.25) is 0 Å². The monoisotopic (exact) mass is 257 g/mol. The molecular weight excluding hydrogens is 238 g/mol. The average Bonchev–Trinajstić information content (AvgIpc) is 2.14. The topological polar surface area (TPSA) is 12.0 Å². The lowest BCUT2D eigenvalue weighted by Crippen LogP contribution is -2.14. The Kier molecular flexibility index (Phi) is 5.16. The van der Waals surface area contributed by atoms with Crippen molar-refractivity contribution in [2.75, 3.05) is 6.54 Å². The van der Waals surface area contributed by atoms with E-state index in [1.54, 1.807) is 0 Å². The Morgan fingerprint density at radius 3 is 2.56 bits per heavy atom. The molecule has 0 aliphatic heterocycles. The number of thioether (sulfide) groups is 1. The van der Waals surface area contributed by atoms with Gasteiger partial charge < -0.3 is 5.32 Å². The smallest absolute Gasteiger partial charge is 0.0417 e. The van der Waals surface area contributed by atoms with Crippen LogP contribution >= 0.6 is 23.4 Å². The highest BCUT2D eigenvalue weighted by molar-refractivity contribution is 8.00. The maximum absolute atomic E-state index is 6.05. The molecule has 0 aliphatic carbocycles. The third kappa shape index (κ3) is 4.77. The summed E-state index contributed by atoms with van der Waals surface area (Å²) in [6.07, 6.45) is 0. The summed E-state index contributed by atoms with van der Waals surface area (Å²) in [5, 5.41) is 4.17. The lowest BCUT2D eigenvalue weighted by Gasteiger charge is -2.20. The van der Waals surface area contributed by atoms with Crippen LogP contribution in [0, 0.1) is 0 Å². The van der Waals surface area contributed by atoms with E-state index in [-0.39, 0.29) is 4.75 Å². The summed E-state index contributed by atoms with van der Waals surface area (Å²) in [7, 11) is 0. The first kappa shape index (κ1) is 13.9. The molecule has 3 heteroatoms. The standard InChI is InChI=1S/C13H20ClNS/c1-5-15-9-10-6-7-11(14)8-12(10)16-13(2,3)4/h6-8,15H,5,9H2,1-4H3. The first-order chi connectivity index (χ1) is 7.42. The number of hydrogen-bond acceptors (Lipinski definition) is 2. The number of halogens is 1. The van der Waals surface area contributed by atoms with E-state index in [1.165, 1.54) is 10.5 Å². The van der Waals surface area contributed by atoms with Crippen molar-refractivity contribution >= 4 is 23.4 Å². The molecule has 16 heavy (non-hydrogen) atoms. The van der Waals surface area contributed by atoms with E-state index in [4.69, 9.17) is 11.6 Å². The van der Waals surface area contributed by atoms with Crippen molar-refractivity contribution in [2.24, 2.45) is 0 Å². The van der Waals surface area contributed by atoms with Gasteiger partial charge in [0.05, 0.1) is 0 Å². The van der Waals surface area contributed by atoms with Gasteiger partial charge in [0, 0.05) is 21.2 Å². The van der Waals surface area contributed by atoms with Gasteiger partial charge >= 0.3 is 0 Å². The van der Waals surface area contributed by atoms with Crippen LogP contribution in [0.25, 0.3) is 0 Å². The Morgan fingerprint density at radius 1 is 1.31 bits per heavy atom. The van der Waals surface area contributed by atoms with Crippen LogP contribution in [0.3, 0.4) is 0 Å². The van der Waals surface area contributed by atoms with Crippen LogP contribution in [0.15, 0.2) is 23.1 Å². The van der Waals surface area contributed by atoms with Crippen LogP contribution in [0.1, 0.15) is 33.3 Å². The zero-order chi connectivity index (χ0) is 12.2. The Labute approximate surface area is 108 Å². The van der Waals surface area contributed by atoms with Gasteiger partial charge in [-0.25, -0.2) is 0 Å². The minimum Gasteiger partial charge on any atom is -0.313 e. The zero-order valence-electron chi connectivity index (χ0n) is 10.4. The van der Waals surface area contributed by atoms with Gasteiger partial charge in [-0.1, -0.05) is 45.4 Å². The molecule has 0 bridgehead atoms. The van der Waals surface area contributed by atoms with Gasteiger partial charge in [0.25, 0.3) is 0 Å². The lowest BCUT2D eigenvalue weighted by molar-refractivity contribution is 0.716. The summed E-state index contributed by atoms with van der Waals surface area (Å²) < 4.78 is 0.214. The summed E-state index contributed by atoms with van der Waals surface area (Å²) in [4.78, 5) is 1.28. The molecule has 0 unspecified atom stereocenters. The molecule has 0 aliphatic rings. The summed E-state index contributed by atoms with van der Waals surface area (Å²) in [5.41, 5.74) is 1.33. The minimum atomic E-state index is 0.214. The molecule has 0 heterocycles. The molecule has 1 rings (SSSR count). The summed E-state index contributed by atoms with van der Waals surface area (Å²) in [6, 6.07) is 6.13. The van der Waals surface area contributed by atoms with Crippen molar-refractivity contribution in [1.29, 1.82) is 0 Å². The second kappa shape index (κ2) is 5.95. The highest BCUT2D eigenvalue weighted by atomic mass is 35.5. The van der Waals surface area contributed by atoms with E-state index in [0.29, 0.717) is 0 Å². The fraction of sp³-hybridized carbons (Fsp3) is 0.538. The van der Waals surface area contributed by atoms with E-state index in [1.807, 2.05) is 17.8 Å². The molecule has 1 aromatic carbocycles. The maximum Gasteiger partial charge on any atom is 0.0417 e. The number of nitrogens with one attached hydrogen (secondary N) is 1. The van der Waals surface area contributed by atoms with Crippen LogP contribution < -0.4 is 5.32 Å². The van der Waals surface area contributed by atoms with Gasteiger partial charge in [-0.3, -0.25) is 0 Å². The van der Waals surface area contributed by atoms with Gasteiger partial charge in [-0.15, -0.1) is 11.8 Å². The van der Waals surface area contributed by atoms with Crippen LogP contribution in [0.5, 0.6) is 0 Å². The molecule has 1 N–H and O–H groups in total. The van der Waals surface area contributed by atoms with E-state index in [2.05, 4.69) is 45.1 Å². The first-order valence-corrected chi connectivity index (χ1v) is 6.80. The molecule has 0 aromatic heterocycles. The second-order valence-electron chi connectivity index (χ2n) is 4.75. The predicted octanol–water partition coefficient (Wildman–Crippen LogP) is 4.34. The van der Waals surface area contributed by atoms with E-state index in [9.17, 15) is 0 Å². The SMILES string of the molecule is CCNCc1ccc(Cl)cc1SC(C)(C)C. The average molecular weight is 258 g/mol. The maximum atomic E-state index is 6.05. The molecule has 0 radical (unpaired) electrons. The Bertz CT molecular complexity index is 344. The molecule has 1 aromatic rings. The highest BCUT2D eigenvalue weighted by Gasteiger charge is 2.14. The minimum absolute atomic E-state index is 0.214. The molecule has 0 saturated heterocycles. The Balaban J connectivity index is 2.89. The van der Waals surface area contributed by atoms with Gasteiger partial charge in [0.1, 0.15) is 0 Å². The van der Waals surface area contributed by atoms with Gasteiger partial charge in [0.15, 0.2) is 0 Å². The second-order valence-corrected chi connectivity index (χ2v) is 7.05. The van der Waals surface area contributed by atoms with Crippen molar-refractivity contribution in [3.8, 4) is 0 Å². The molecule has 1 nitrogen and oxygen atoms in total. The zero-order valence-corrected chi connectivity index (χ0v) is 12.0. The summed E-state index contributed by atoms with van der Waals surface area (Å²) in [6.45, 7) is 10.7.